The molecule has 2 heterocycles. The summed E-state index contributed by atoms with van der Waals surface area (Å²) in [7, 11) is 1.61. The van der Waals surface area contributed by atoms with E-state index >= 15 is 0 Å². The van der Waals surface area contributed by atoms with Gasteiger partial charge in [0, 0.05) is 5.70 Å². The Morgan fingerprint density at radius 1 is 1.17 bits per heavy atom. The van der Waals surface area contributed by atoms with Gasteiger partial charge in [-0.1, -0.05) is 49.0 Å². The van der Waals surface area contributed by atoms with Crippen molar-refractivity contribution < 1.29 is 19.0 Å². The predicted octanol–water partition coefficient (Wildman–Crippen LogP) is 5.53. The molecule has 190 valence electrons. The summed E-state index contributed by atoms with van der Waals surface area (Å²) in [6, 6.07) is 13.3. The molecule has 0 saturated carbocycles. The van der Waals surface area contributed by atoms with E-state index in [1.807, 2.05) is 64.1 Å². The zero-order valence-corrected chi connectivity index (χ0v) is 22.3. The molecule has 0 amide bonds. The van der Waals surface area contributed by atoms with Gasteiger partial charge >= 0.3 is 5.97 Å². The molecule has 1 N–H and O–H groups in total. The molecule has 0 fully saturated rings. The molecule has 0 radical (unpaired) electrons. The van der Waals surface area contributed by atoms with Crippen LogP contribution in [0.3, 0.4) is 0 Å². The summed E-state index contributed by atoms with van der Waals surface area (Å²) in [5.74, 6) is 2.20. The number of fused-ring (bicyclic) bond motifs is 1. The third-order valence-electron chi connectivity index (χ3n) is 5.82. The Morgan fingerprint density at radius 2 is 1.94 bits per heavy atom. The maximum Gasteiger partial charge on any atom is 0.338 e. The smallest absolute Gasteiger partial charge is 0.338 e. The van der Waals surface area contributed by atoms with Gasteiger partial charge in [-0.05, 0) is 62.3 Å². The van der Waals surface area contributed by atoms with E-state index in [0.717, 1.165) is 22.4 Å². The first-order valence-corrected chi connectivity index (χ1v) is 12.9. The number of rotatable bonds is 9. The molecule has 8 nitrogen and oxygen atoms in total. The maximum atomic E-state index is 13.2. The van der Waals surface area contributed by atoms with Gasteiger partial charge in [0.2, 0.25) is 11.1 Å². The van der Waals surface area contributed by atoms with Crippen molar-refractivity contribution in [1.82, 2.24) is 14.8 Å². The van der Waals surface area contributed by atoms with Gasteiger partial charge < -0.3 is 19.5 Å². The fourth-order valence-electron chi connectivity index (χ4n) is 4.07. The summed E-state index contributed by atoms with van der Waals surface area (Å²) >= 11 is 1.54. The van der Waals surface area contributed by atoms with Crippen molar-refractivity contribution in [2.75, 3.05) is 18.2 Å². The number of hydrogen-bond acceptors (Lipinski definition) is 8. The largest absolute Gasteiger partial charge is 0.493 e. The van der Waals surface area contributed by atoms with Gasteiger partial charge in [-0.25, -0.2) is 9.48 Å². The second-order valence-electron chi connectivity index (χ2n) is 8.74. The first-order chi connectivity index (χ1) is 17.3. The van der Waals surface area contributed by atoms with Crippen LogP contribution in [0.1, 0.15) is 50.4 Å². The minimum absolute atomic E-state index is 0.256. The summed E-state index contributed by atoms with van der Waals surface area (Å²) < 4.78 is 19.1. The van der Waals surface area contributed by atoms with Gasteiger partial charge in [0.15, 0.2) is 11.5 Å². The Labute approximate surface area is 216 Å². The Balaban J connectivity index is 1.73. The van der Waals surface area contributed by atoms with E-state index in [1.54, 1.807) is 23.6 Å². The van der Waals surface area contributed by atoms with Gasteiger partial charge in [-0.15, -0.1) is 5.10 Å². The Hall–Kier alpha value is -3.46. The molecular formula is C27H32N4O4S. The lowest BCUT2D eigenvalue weighted by molar-refractivity contribution is -0.143. The predicted molar refractivity (Wildman–Crippen MR) is 141 cm³/mol. The highest BCUT2D eigenvalue weighted by molar-refractivity contribution is 7.99. The van der Waals surface area contributed by atoms with Crippen LogP contribution in [0.25, 0.3) is 0 Å². The van der Waals surface area contributed by atoms with Crippen LogP contribution in [0, 0.1) is 6.92 Å². The van der Waals surface area contributed by atoms with Gasteiger partial charge in [0.05, 0.1) is 18.8 Å². The number of methoxy groups -OCH3 is 1. The Bertz CT molecular complexity index is 1280. The zero-order chi connectivity index (χ0) is 25.8. The first-order valence-electron chi connectivity index (χ1n) is 12.0. The summed E-state index contributed by atoms with van der Waals surface area (Å²) in [6.07, 6.45) is -0.256. The molecule has 3 aromatic rings. The Kier molecular flexibility index (Phi) is 7.88. The van der Waals surface area contributed by atoms with Gasteiger partial charge in [0.25, 0.3) is 0 Å². The first kappa shape index (κ1) is 25.6. The standard InChI is InChI=1S/C27H32N4O4S/c1-7-36-27-29-26-28-18(5)23(25(32)35-16(2)3)24(31(26)30-27)19-12-13-21(22(14-19)33-6)34-15-20-11-9-8-10-17(20)4/h8-14,16,24H,7,15H2,1-6H3,(H,28,29,30). The van der Waals surface area contributed by atoms with Crippen LogP contribution in [0.4, 0.5) is 5.95 Å². The van der Waals surface area contributed by atoms with E-state index in [-0.39, 0.29) is 6.10 Å². The van der Waals surface area contributed by atoms with Gasteiger partial charge in [-0.3, -0.25) is 0 Å². The zero-order valence-electron chi connectivity index (χ0n) is 21.5. The molecule has 9 heteroatoms. The maximum absolute atomic E-state index is 13.2. The molecule has 0 spiro atoms. The number of anilines is 1. The topological polar surface area (TPSA) is 87.5 Å². The molecular weight excluding hydrogens is 476 g/mol. The van der Waals surface area contributed by atoms with E-state index in [0.29, 0.717) is 40.5 Å². The van der Waals surface area contributed by atoms with Crippen LogP contribution in [-0.4, -0.2) is 39.7 Å². The number of nitrogens with one attached hydrogen (secondary N) is 1. The summed E-state index contributed by atoms with van der Waals surface area (Å²) in [5, 5.41) is 8.57. The number of esters is 1. The highest BCUT2D eigenvalue weighted by Crippen LogP contribution is 2.40. The number of allylic oxidation sites excluding steroid dienone is 1. The fourth-order valence-corrected chi connectivity index (χ4v) is 4.63. The Morgan fingerprint density at radius 3 is 2.64 bits per heavy atom. The van der Waals surface area contributed by atoms with Crippen molar-refractivity contribution in [2.45, 2.75) is 58.5 Å². The number of thioether (sulfide) groups is 1. The van der Waals surface area contributed by atoms with E-state index in [4.69, 9.17) is 19.3 Å². The van der Waals surface area contributed by atoms with Crippen LogP contribution in [0.5, 0.6) is 11.5 Å². The van der Waals surface area contributed by atoms with Crippen LogP contribution in [0.15, 0.2) is 58.9 Å². The number of nitrogens with zero attached hydrogens (tertiary/aromatic N) is 3. The number of ether oxygens (including phenoxy) is 3. The van der Waals surface area contributed by atoms with Crippen LogP contribution < -0.4 is 14.8 Å². The SMILES string of the molecule is CCSc1nc2n(n1)C(c1ccc(OCc3ccccc3C)c(OC)c1)C(C(=O)OC(C)C)=C(C)N2. The molecule has 4 rings (SSSR count). The van der Waals surface area contributed by atoms with Crippen molar-refractivity contribution in [3.05, 3.63) is 70.4 Å². The van der Waals surface area contributed by atoms with Crippen molar-refractivity contribution in [3.63, 3.8) is 0 Å². The van der Waals surface area contributed by atoms with E-state index in [9.17, 15) is 4.79 Å². The molecule has 0 aliphatic carbocycles. The molecule has 0 saturated heterocycles. The number of hydrogen-bond donors (Lipinski definition) is 1. The van der Waals surface area contributed by atoms with Crippen molar-refractivity contribution >= 4 is 23.7 Å². The fraction of sp³-hybridized carbons (Fsp3) is 0.370. The normalized spacial score (nSPS) is 14.9. The third kappa shape index (κ3) is 5.36. The number of aromatic nitrogens is 3. The quantitative estimate of drug-likeness (QED) is 0.298. The van der Waals surface area contributed by atoms with E-state index in [1.165, 1.54) is 0 Å². The van der Waals surface area contributed by atoms with Crippen LogP contribution >= 0.6 is 11.8 Å². The average molecular weight is 509 g/mol. The minimum Gasteiger partial charge on any atom is -0.493 e. The number of carbonyl (C=O) groups is 1. The van der Waals surface area contributed by atoms with Gasteiger partial charge in [-0.2, -0.15) is 4.98 Å². The summed E-state index contributed by atoms with van der Waals surface area (Å²) in [6.45, 7) is 10.0. The monoisotopic (exact) mass is 508 g/mol. The number of carbonyl (C=O) groups excluding carboxylic acids is 1. The summed E-state index contributed by atoms with van der Waals surface area (Å²) in [5.41, 5.74) is 4.23. The highest BCUT2D eigenvalue weighted by atomic mass is 32.2. The van der Waals surface area contributed by atoms with E-state index < -0.39 is 12.0 Å². The molecule has 1 unspecified atom stereocenters. The molecule has 1 atom stereocenters. The second kappa shape index (κ2) is 11.1. The molecule has 2 aromatic carbocycles. The van der Waals surface area contributed by atoms with Crippen molar-refractivity contribution in [3.8, 4) is 11.5 Å². The van der Waals surface area contributed by atoms with Crippen LogP contribution in [0.2, 0.25) is 0 Å². The molecule has 1 aliphatic heterocycles. The lowest BCUT2D eigenvalue weighted by atomic mass is 9.95. The van der Waals surface area contributed by atoms with Crippen LogP contribution in [-0.2, 0) is 16.1 Å². The molecule has 1 aliphatic rings. The molecule has 0 bridgehead atoms. The minimum atomic E-state index is -0.537. The van der Waals surface area contributed by atoms with E-state index in [2.05, 4.69) is 23.3 Å². The number of benzene rings is 2. The molecule has 1 aromatic heterocycles. The average Bonchev–Trinajstić information content (AvgIpc) is 3.24. The third-order valence-corrected chi connectivity index (χ3v) is 6.54. The number of aryl methyl sites for hydroxylation is 1. The van der Waals surface area contributed by atoms with Crippen molar-refractivity contribution in [2.24, 2.45) is 0 Å². The second-order valence-corrected chi connectivity index (χ2v) is 9.97. The van der Waals surface area contributed by atoms with Crippen molar-refractivity contribution in [1.29, 1.82) is 0 Å². The highest BCUT2D eigenvalue weighted by Gasteiger charge is 2.36. The lowest BCUT2D eigenvalue weighted by Gasteiger charge is -2.29. The molecule has 36 heavy (non-hydrogen) atoms. The summed E-state index contributed by atoms with van der Waals surface area (Å²) in [4.78, 5) is 17.8. The lowest BCUT2D eigenvalue weighted by Crippen LogP contribution is -2.30. The van der Waals surface area contributed by atoms with Gasteiger partial charge in [0.1, 0.15) is 12.6 Å².